The van der Waals surface area contributed by atoms with Crippen LogP contribution in [-0.4, -0.2) is 12.5 Å². The molecule has 1 amide bonds. The van der Waals surface area contributed by atoms with Crippen molar-refractivity contribution in [3.63, 3.8) is 0 Å². The molecule has 78 valence electrons. The molecule has 1 heterocycles. The molecule has 14 heavy (non-hydrogen) atoms. The van der Waals surface area contributed by atoms with E-state index in [4.69, 9.17) is 5.73 Å². The first-order chi connectivity index (χ1) is 6.77. The van der Waals surface area contributed by atoms with Crippen LogP contribution >= 0.6 is 11.3 Å². The lowest BCUT2D eigenvalue weighted by atomic mass is 10.0. The molecule has 3 nitrogen and oxygen atoms in total. The number of rotatable bonds is 5. The molecule has 0 aliphatic rings. The zero-order valence-corrected chi connectivity index (χ0v) is 9.14. The summed E-state index contributed by atoms with van der Waals surface area (Å²) in [6, 6.07) is 1.89. The lowest BCUT2D eigenvalue weighted by molar-refractivity contribution is -0.119. The summed E-state index contributed by atoms with van der Waals surface area (Å²) in [4.78, 5) is 11.6. The number of hydrogen-bond acceptors (Lipinski definition) is 3. The fourth-order valence-corrected chi connectivity index (χ4v) is 1.87. The summed E-state index contributed by atoms with van der Waals surface area (Å²) < 4.78 is 0. The third-order valence-electron chi connectivity index (χ3n) is 2.08. The Balaban J connectivity index is 2.47. The summed E-state index contributed by atoms with van der Waals surface area (Å²) in [7, 11) is 0. The van der Waals surface area contributed by atoms with Crippen LogP contribution in [0.15, 0.2) is 16.8 Å². The van der Waals surface area contributed by atoms with E-state index < -0.39 is 0 Å². The minimum Gasteiger partial charge on any atom is -0.330 e. The van der Waals surface area contributed by atoms with Crippen LogP contribution in [0, 0.1) is 5.92 Å². The van der Waals surface area contributed by atoms with E-state index in [0.717, 1.165) is 18.5 Å². The Bertz CT molecular complexity index is 272. The van der Waals surface area contributed by atoms with E-state index in [-0.39, 0.29) is 11.8 Å². The Hall–Kier alpha value is -0.870. The van der Waals surface area contributed by atoms with Gasteiger partial charge in [-0.15, -0.1) is 0 Å². The predicted molar refractivity (Wildman–Crippen MR) is 60.4 cm³/mol. The fraction of sp³-hybridized carbons (Fsp3) is 0.500. The molecule has 1 atom stereocenters. The quantitative estimate of drug-likeness (QED) is 0.785. The van der Waals surface area contributed by atoms with Crippen molar-refractivity contribution in [2.75, 3.05) is 11.9 Å². The predicted octanol–water partition coefficient (Wildman–Crippen LogP) is 2.06. The molecule has 1 rings (SSSR count). The van der Waals surface area contributed by atoms with E-state index in [9.17, 15) is 4.79 Å². The molecule has 1 aromatic heterocycles. The third kappa shape index (κ3) is 3.12. The summed E-state index contributed by atoms with van der Waals surface area (Å²) in [5, 5.41) is 6.70. The smallest absolute Gasteiger partial charge is 0.228 e. The van der Waals surface area contributed by atoms with Gasteiger partial charge in [0.25, 0.3) is 0 Å². The van der Waals surface area contributed by atoms with Gasteiger partial charge in [0.05, 0.1) is 11.6 Å². The van der Waals surface area contributed by atoms with Gasteiger partial charge >= 0.3 is 0 Å². The number of thiophene rings is 1. The van der Waals surface area contributed by atoms with Crippen molar-refractivity contribution in [1.82, 2.24) is 0 Å². The molecule has 1 unspecified atom stereocenters. The molecule has 0 fully saturated rings. The second-order valence-corrected chi connectivity index (χ2v) is 4.00. The van der Waals surface area contributed by atoms with Crippen LogP contribution in [0.3, 0.4) is 0 Å². The van der Waals surface area contributed by atoms with Crippen LogP contribution in [-0.2, 0) is 4.79 Å². The van der Waals surface area contributed by atoms with Crippen LogP contribution < -0.4 is 11.1 Å². The van der Waals surface area contributed by atoms with Crippen molar-refractivity contribution in [1.29, 1.82) is 0 Å². The molecule has 0 spiro atoms. The monoisotopic (exact) mass is 212 g/mol. The van der Waals surface area contributed by atoms with Gasteiger partial charge in [0, 0.05) is 11.9 Å². The van der Waals surface area contributed by atoms with E-state index in [0.29, 0.717) is 6.54 Å². The highest BCUT2D eigenvalue weighted by Gasteiger charge is 2.15. The number of nitrogens with one attached hydrogen (secondary N) is 1. The molecular weight excluding hydrogens is 196 g/mol. The Morgan fingerprint density at radius 2 is 2.50 bits per heavy atom. The van der Waals surface area contributed by atoms with Gasteiger partial charge in [0.2, 0.25) is 5.91 Å². The largest absolute Gasteiger partial charge is 0.330 e. The lowest BCUT2D eigenvalue weighted by Crippen LogP contribution is -2.28. The van der Waals surface area contributed by atoms with E-state index in [1.54, 1.807) is 11.3 Å². The molecule has 0 radical (unpaired) electrons. The highest BCUT2D eigenvalue weighted by Crippen LogP contribution is 2.14. The number of carbonyl (C=O) groups is 1. The standard InChI is InChI=1S/C10H16N2OS/c1-2-3-8(6-11)10(13)12-9-4-5-14-7-9/h4-5,7-8H,2-3,6,11H2,1H3,(H,12,13). The molecule has 0 aliphatic heterocycles. The normalized spacial score (nSPS) is 12.4. The molecule has 0 saturated carbocycles. The summed E-state index contributed by atoms with van der Waals surface area (Å²) in [5.74, 6) is -0.0207. The number of anilines is 1. The molecule has 0 aromatic carbocycles. The molecule has 0 aliphatic carbocycles. The third-order valence-corrected chi connectivity index (χ3v) is 2.76. The van der Waals surface area contributed by atoms with Gasteiger partial charge < -0.3 is 11.1 Å². The van der Waals surface area contributed by atoms with Crippen molar-refractivity contribution in [2.45, 2.75) is 19.8 Å². The topological polar surface area (TPSA) is 55.1 Å². The van der Waals surface area contributed by atoms with Crippen LogP contribution in [0.5, 0.6) is 0 Å². The van der Waals surface area contributed by atoms with Gasteiger partial charge in [-0.3, -0.25) is 4.79 Å². The number of hydrogen-bond donors (Lipinski definition) is 2. The van der Waals surface area contributed by atoms with Gasteiger partial charge in [-0.1, -0.05) is 13.3 Å². The minimum absolute atomic E-state index is 0.0350. The van der Waals surface area contributed by atoms with Crippen molar-refractivity contribution in [2.24, 2.45) is 11.7 Å². The van der Waals surface area contributed by atoms with Gasteiger partial charge in [0.1, 0.15) is 0 Å². The highest BCUT2D eigenvalue weighted by atomic mass is 32.1. The fourth-order valence-electron chi connectivity index (χ4n) is 1.28. The number of amides is 1. The summed E-state index contributed by atoms with van der Waals surface area (Å²) in [5.41, 5.74) is 6.40. The van der Waals surface area contributed by atoms with Crippen molar-refractivity contribution in [3.8, 4) is 0 Å². The van der Waals surface area contributed by atoms with E-state index in [2.05, 4.69) is 12.2 Å². The van der Waals surface area contributed by atoms with Crippen LogP contribution in [0.2, 0.25) is 0 Å². The van der Waals surface area contributed by atoms with Crippen molar-refractivity contribution >= 4 is 22.9 Å². The van der Waals surface area contributed by atoms with Gasteiger partial charge in [0.15, 0.2) is 0 Å². The van der Waals surface area contributed by atoms with Crippen LogP contribution in [0.4, 0.5) is 5.69 Å². The maximum absolute atomic E-state index is 11.6. The van der Waals surface area contributed by atoms with E-state index in [1.807, 2.05) is 16.8 Å². The Labute approximate surface area is 88.3 Å². The maximum Gasteiger partial charge on any atom is 0.228 e. The molecule has 1 aromatic rings. The van der Waals surface area contributed by atoms with Gasteiger partial charge in [-0.05, 0) is 17.9 Å². The van der Waals surface area contributed by atoms with Crippen LogP contribution in [0.25, 0.3) is 0 Å². The lowest BCUT2D eigenvalue weighted by Gasteiger charge is -2.12. The first-order valence-electron chi connectivity index (χ1n) is 4.81. The number of nitrogens with two attached hydrogens (primary N) is 1. The first kappa shape index (κ1) is 11.2. The van der Waals surface area contributed by atoms with Gasteiger partial charge in [-0.25, -0.2) is 0 Å². The number of carbonyl (C=O) groups excluding carboxylic acids is 1. The van der Waals surface area contributed by atoms with Gasteiger partial charge in [-0.2, -0.15) is 11.3 Å². The molecule has 0 bridgehead atoms. The molecule has 0 saturated heterocycles. The average molecular weight is 212 g/mol. The van der Waals surface area contributed by atoms with Crippen molar-refractivity contribution < 1.29 is 4.79 Å². The molecular formula is C10H16N2OS. The van der Waals surface area contributed by atoms with E-state index >= 15 is 0 Å². The zero-order valence-electron chi connectivity index (χ0n) is 8.32. The Morgan fingerprint density at radius 1 is 1.71 bits per heavy atom. The second kappa shape index (κ2) is 5.78. The van der Waals surface area contributed by atoms with Crippen molar-refractivity contribution in [3.05, 3.63) is 16.8 Å². The molecule has 4 heteroatoms. The highest BCUT2D eigenvalue weighted by molar-refractivity contribution is 7.08. The molecule has 3 N–H and O–H groups in total. The summed E-state index contributed by atoms with van der Waals surface area (Å²) in [6.45, 7) is 2.48. The minimum atomic E-state index is -0.0556. The second-order valence-electron chi connectivity index (χ2n) is 3.22. The van der Waals surface area contributed by atoms with Crippen LogP contribution in [0.1, 0.15) is 19.8 Å². The Morgan fingerprint density at radius 3 is 3.00 bits per heavy atom. The SMILES string of the molecule is CCCC(CN)C(=O)Nc1ccsc1. The Kier molecular flexibility index (Phi) is 4.62. The average Bonchev–Trinajstić information content (AvgIpc) is 2.66. The maximum atomic E-state index is 11.6. The summed E-state index contributed by atoms with van der Waals surface area (Å²) >= 11 is 1.57. The zero-order chi connectivity index (χ0) is 10.4. The first-order valence-corrected chi connectivity index (χ1v) is 5.75. The summed E-state index contributed by atoms with van der Waals surface area (Å²) in [6.07, 6.45) is 1.84. The van der Waals surface area contributed by atoms with E-state index in [1.165, 1.54) is 0 Å².